The minimum Gasteiger partial charge on any atom is -0.381 e. The lowest BCUT2D eigenvalue weighted by molar-refractivity contribution is 0.125. The first kappa shape index (κ1) is 30.4. The van der Waals surface area contributed by atoms with Crippen LogP contribution >= 0.6 is 0 Å². The molecule has 41 heavy (non-hydrogen) atoms. The van der Waals surface area contributed by atoms with Gasteiger partial charge in [0, 0.05) is 70.6 Å². The van der Waals surface area contributed by atoms with Gasteiger partial charge in [-0.25, -0.2) is 24.1 Å². The third-order valence-corrected chi connectivity index (χ3v) is 7.49. The predicted molar refractivity (Wildman–Crippen MR) is 165 cm³/mol. The summed E-state index contributed by atoms with van der Waals surface area (Å²) in [7, 11) is 1.90. The van der Waals surface area contributed by atoms with E-state index in [1.165, 1.54) is 50.8 Å². The molecule has 2 amide bonds. The Balaban J connectivity index is 0.000000288. The predicted octanol–water partition coefficient (Wildman–Crippen LogP) is 7.47. The van der Waals surface area contributed by atoms with Gasteiger partial charge in [0.2, 0.25) is 0 Å². The maximum atomic E-state index is 13.3. The minimum absolute atomic E-state index is 0. The molecule has 3 N–H and O–H groups in total. The molecule has 1 aliphatic rings. The van der Waals surface area contributed by atoms with E-state index in [0.29, 0.717) is 22.9 Å². The van der Waals surface area contributed by atoms with Gasteiger partial charge in [0.25, 0.3) is 0 Å². The maximum absolute atomic E-state index is 13.3. The molecule has 0 aliphatic heterocycles. The third-order valence-electron chi connectivity index (χ3n) is 7.49. The summed E-state index contributed by atoms with van der Waals surface area (Å²) < 4.78 is 18.9. The van der Waals surface area contributed by atoms with Gasteiger partial charge in [0.1, 0.15) is 17.1 Å². The Hall–Kier alpha value is -3.53. The van der Waals surface area contributed by atoms with Crippen molar-refractivity contribution < 1.29 is 16.8 Å². The molecule has 4 heterocycles. The largest absolute Gasteiger partial charge is 0.381 e. The molecule has 1 aliphatic carbocycles. The Kier molecular flexibility index (Phi) is 11.9. The fraction of sp³-hybridized carbons (Fsp3) is 0.548. The lowest BCUT2D eigenvalue weighted by Gasteiger charge is -2.26. The molecule has 0 spiro atoms. The number of carbonyl (C=O) groups is 1. The van der Waals surface area contributed by atoms with Crippen molar-refractivity contribution in [2.75, 3.05) is 26.8 Å². The van der Waals surface area contributed by atoms with E-state index in [9.17, 15) is 9.18 Å². The highest BCUT2D eigenvalue weighted by atomic mass is 19.1. The Morgan fingerprint density at radius 2 is 1.88 bits per heavy atom. The number of pyridine rings is 1. The Labute approximate surface area is 244 Å². The van der Waals surface area contributed by atoms with Gasteiger partial charge in [-0.15, -0.1) is 0 Å². The van der Waals surface area contributed by atoms with Gasteiger partial charge in [-0.2, -0.15) is 0 Å². The molecule has 0 aromatic carbocycles. The van der Waals surface area contributed by atoms with Crippen molar-refractivity contribution in [2.24, 2.45) is 0 Å². The number of unbranched alkanes of at least 4 members (excludes halogenated alkanes) is 4. The van der Waals surface area contributed by atoms with Crippen molar-refractivity contribution in [1.29, 1.82) is 0 Å². The third kappa shape index (κ3) is 9.24. The smallest absolute Gasteiger partial charge is 0.317 e. The number of hydrogen-bond donors (Lipinski definition) is 3. The fourth-order valence-electron chi connectivity index (χ4n) is 5.05. The average Bonchev–Trinajstić information content (AvgIpc) is 3.63. The standard InChI is InChI=1S/C18H36N2O2.C13H8FN5.2H2/c1-3-4-10-15-22-16-11-6-9-14-20(2)18(21)19-17-12-7-5-8-13-17;14-8-3-9-10(6-18-12(9)17-5-8)13-16-4-7-1-2-15-11(7)19-13;;/h17H,3-16H2,1-2H3,(H,19,21);1-6H,(H,17,18)(H,15,16,19);2*1H. The van der Waals surface area contributed by atoms with Gasteiger partial charge in [-0.05, 0) is 50.7 Å². The minimum atomic E-state index is -0.380. The number of ether oxygens (including phenoxy) is 1. The number of amides is 2. The molecule has 0 unspecified atom stereocenters. The molecular formula is C31H48FN7O2. The first-order chi connectivity index (χ1) is 20.0. The summed E-state index contributed by atoms with van der Waals surface area (Å²) in [4.78, 5) is 32.6. The van der Waals surface area contributed by atoms with Gasteiger partial charge >= 0.3 is 6.03 Å². The summed E-state index contributed by atoms with van der Waals surface area (Å²) in [6.45, 7) is 4.81. The van der Waals surface area contributed by atoms with Crippen LogP contribution < -0.4 is 5.32 Å². The number of halogens is 1. The van der Waals surface area contributed by atoms with Gasteiger partial charge in [-0.3, -0.25) is 0 Å². The van der Waals surface area contributed by atoms with Crippen LogP contribution in [0.4, 0.5) is 9.18 Å². The highest BCUT2D eigenvalue weighted by molar-refractivity contribution is 5.92. The topological polar surface area (TPSA) is 112 Å². The molecule has 9 nitrogen and oxygen atoms in total. The number of fused-ring (bicyclic) bond motifs is 2. The van der Waals surface area contributed by atoms with Crippen LogP contribution in [-0.2, 0) is 4.74 Å². The number of aromatic amines is 2. The van der Waals surface area contributed by atoms with Crippen LogP contribution in [0.1, 0.15) is 80.4 Å². The van der Waals surface area contributed by atoms with E-state index in [-0.39, 0.29) is 14.7 Å². The van der Waals surface area contributed by atoms with Crippen molar-refractivity contribution in [3.63, 3.8) is 0 Å². The van der Waals surface area contributed by atoms with Crippen LogP contribution in [0.3, 0.4) is 0 Å². The van der Waals surface area contributed by atoms with Crippen molar-refractivity contribution in [1.82, 2.24) is 35.1 Å². The van der Waals surface area contributed by atoms with Crippen molar-refractivity contribution >= 4 is 28.1 Å². The molecule has 4 aromatic rings. The van der Waals surface area contributed by atoms with Gasteiger partial charge < -0.3 is 24.9 Å². The lowest BCUT2D eigenvalue weighted by atomic mass is 9.96. The Morgan fingerprint density at radius 3 is 2.68 bits per heavy atom. The summed E-state index contributed by atoms with van der Waals surface area (Å²) in [5.74, 6) is 0.155. The number of hydrogen-bond acceptors (Lipinski definition) is 5. The number of H-pyrrole nitrogens is 2. The van der Waals surface area contributed by atoms with Crippen LogP contribution in [-0.4, -0.2) is 68.7 Å². The van der Waals surface area contributed by atoms with E-state index in [4.69, 9.17) is 4.74 Å². The highest BCUT2D eigenvalue weighted by Gasteiger charge is 2.17. The lowest BCUT2D eigenvalue weighted by Crippen LogP contribution is -2.44. The molecule has 1 fully saturated rings. The van der Waals surface area contributed by atoms with Gasteiger partial charge in [0.05, 0.1) is 6.20 Å². The van der Waals surface area contributed by atoms with E-state index in [1.54, 1.807) is 18.6 Å². The van der Waals surface area contributed by atoms with E-state index < -0.39 is 0 Å². The molecule has 0 radical (unpaired) electrons. The molecule has 4 aromatic heterocycles. The van der Waals surface area contributed by atoms with Crippen LogP contribution in [0.15, 0.2) is 36.9 Å². The highest BCUT2D eigenvalue weighted by Crippen LogP contribution is 2.26. The zero-order valence-corrected chi connectivity index (χ0v) is 24.4. The SMILES string of the molecule is CCCCCOCCCCCN(C)C(=O)NC1CCCCC1.Fc1cnc2[nH]cc(-c3ncc4cc[nH]c4n3)c2c1.[HH].[HH]. The molecule has 0 bridgehead atoms. The van der Waals surface area contributed by atoms with Crippen LogP contribution in [0, 0.1) is 5.82 Å². The van der Waals surface area contributed by atoms with E-state index in [0.717, 1.165) is 68.5 Å². The molecule has 226 valence electrons. The van der Waals surface area contributed by atoms with Crippen molar-refractivity contribution in [3.8, 4) is 11.4 Å². The monoisotopic (exact) mass is 569 g/mol. The van der Waals surface area contributed by atoms with E-state index >= 15 is 0 Å². The molecule has 0 saturated heterocycles. The number of rotatable bonds is 12. The van der Waals surface area contributed by atoms with Crippen LogP contribution in [0.25, 0.3) is 33.5 Å². The number of nitrogens with one attached hydrogen (secondary N) is 3. The molecule has 5 rings (SSSR count). The molecule has 0 atom stereocenters. The van der Waals surface area contributed by atoms with Crippen molar-refractivity contribution in [3.05, 3.63) is 42.7 Å². The Bertz CT molecular complexity index is 1360. The van der Waals surface area contributed by atoms with Crippen LogP contribution in [0.2, 0.25) is 0 Å². The van der Waals surface area contributed by atoms with E-state index in [2.05, 4.69) is 37.2 Å². The summed E-state index contributed by atoms with van der Waals surface area (Å²) in [5.41, 5.74) is 2.11. The Morgan fingerprint density at radius 1 is 1.07 bits per heavy atom. The second kappa shape index (κ2) is 16.0. The number of aromatic nitrogens is 5. The number of carbonyl (C=O) groups excluding carboxylic acids is 1. The summed E-state index contributed by atoms with van der Waals surface area (Å²) in [6.07, 6.45) is 19.6. The molecule has 10 heteroatoms. The first-order valence-electron chi connectivity index (χ1n) is 15.1. The maximum Gasteiger partial charge on any atom is 0.317 e. The van der Waals surface area contributed by atoms with Crippen LogP contribution in [0.5, 0.6) is 0 Å². The summed E-state index contributed by atoms with van der Waals surface area (Å²) >= 11 is 0. The summed E-state index contributed by atoms with van der Waals surface area (Å²) in [5, 5.41) is 4.77. The molecular weight excluding hydrogens is 521 g/mol. The zero-order valence-electron chi connectivity index (χ0n) is 24.4. The van der Waals surface area contributed by atoms with Crippen molar-refractivity contribution in [2.45, 2.75) is 83.6 Å². The quantitative estimate of drug-likeness (QED) is 0.153. The zero-order chi connectivity index (χ0) is 28.9. The number of urea groups is 1. The molecule has 1 saturated carbocycles. The summed E-state index contributed by atoms with van der Waals surface area (Å²) in [6, 6.07) is 3.83. The average molecular weight is 570 g/mol. The fourth-order valence-corrected chi connectivity index (χ4v) is 5.05. The normalized spacial score (nSPS) is 13.7. The van der Waals surface area contributed by atoms with Gasteiger partial charge in [0.15, 0.2) is 5.82 Å². The van der Waals surface area contributed by atoms with E-state index in [1.807, 2.05) is 18.0 Å². The second-order valence-corrected chi connectivity index (χ2v) is 10.8. The van der Waals surface area contributed by atoms with Gasteiger partial charge in [-0.1, -0.05) is 39.0 Å². The second-order valence-electron chi connectivity index (χ2n) is 10.8. The first-order valence-corrected chi connectivity index (χ1v) is 15.1. The number of nitrogens with zero attached hydrogens (tertiary/aromatic N) is 4.